The van der Waals surface area contributed by atoms with Crippen LogP contribution >= 0.6 is 15.9 Å². The maximum atomic E-state index is 12.2. The fraction of sp³-hybridized carbons (Fsp3) is 0.176. The highest BCUT2D eigenvalue weighted by molar-refractivity contribution is 9.10. The Morgan fingerprint density at radius 1 is 1.00 bits per heavy atom. The third-order valence-electron chi connectivity index (χ3n) is 3.23. The number of carbonyl (C=O) groups is 2. The van der Waals surface area contributed by atoms with E-state index < -0.39 is 5.91 Å². The summed E-state index contributed by atoms with van der Waals surface area (Å²) in [6.07, 6.45) is 0.175. The number of ether oxygens (including phenoxy) is 2. The number of hydrogen-bond acceptors (Lipinski definition) is 4. The number of methoxy groups -OCH3 is 2. The molecular weight excluding hydrogens is 376 g/mol. The van der Waals surface area contributed by atoms with Crippen molar-refractivity contribution in [2.75, 3.05) is 14.2 Å². The van der Waals surface area contributed by atoms with E-state index in [1.54, 1.807) is 12.1 Å². The first-order valence-electron chi connectivity index (χ1n) is 7.09. The monoisotopic (exact) mass is 392 g/mol. The van der Waals surface area contributed by atoms with E-state index in [0.29, 0.717) is 21.5 Å². The minimum Gasteiger partial charge on any atom is -0.495 e. The van der Waals surface area contributed by atoms with Crippen molar-refractivity contribution in [2.45, 2.75) is 6.42 Å². The molecule has 0 saturated heterocycles. The molecule has 0 unspecified atom stereocenters. The zero-order chi connectivity index (χ0) is 17.5. The minimum atomic E-state index is -0.472. The summed E-state index contributed by atoms with van der Waals surface area (Å²) in [4.78, 5) is 24.1. The van der Waals surface area contributed by atoms with Crippen LogP contribution in [0.4, 0.5) is 0 Å². The Morgan fingerprint density at radius 3 is 2.12 bits per heavy atom. The second-order valence-electron chi connectivity index (χ2n) is 4.86. The van der Waals surface area contributed by atoms with Gasteiger partial charge in [0.2, 0.25) is 5.91 Å². The fourth-order valence-corrected chi connectivity index (χ4v) is 2.58. The van der Waals surface area contributed by atoms with Gasteiger partial charge < -0.3 is 9.47 Å². The number of halogens is 1. The van der Waals surface area contributed by atoms with Crippen molar-refractivity contribution in [1.29, 1.82) is 0 Å². The van der Waals surface area contributed by atoms with Crippen molar-refractivity contribution >= 4 is 27.7 Å². The van der Waals surface area contributed by atoms with E-state index in [1.807, 2.05) is 30.3 Å². The van der Waals surface area contributed by atoms with Crippen molar-refractivity contribution < 1.29 is 19.1 Å². The largest absolute Gasteiger partial charge is 0.495 e. The van der Waals surface area contributed by atoms with Crippen molar-refractivity contribution in [3.05, 3.63) is 58.1 Å². The molecule has 2 rings (SSSR count). The molecule has 0 saturated carbocycles. The van der Waals surface area contributed by atoms with Gasteiger partial charge in [0.05, 0.1) is 20.6 Å². The summed E-state index contributed by atoms with van der Waals surface area (Å²) in [6.45, 7) is 0. The molecule has 126 valence electrons. The first kappa shape index (κ1) is 17.8. The van der Waals surface area contributed by atoms with Gasteiger partial charge in [0, 0.05) is 5.56 Å². The van der Waals surface area contributed by atoms with E-state index in [-0.39, 0.29) is 12.3 Å². The Labute approximate surface area is 148 Å². The van der Waals surface area contributed by atoms with Crippen LogP contribution in [-0.4, -0.2) is 26.0 Å². The smallest absolute Gasteiger partial charge is 0.269 e. The molecule has 0 radical (unpaired) electrons. The van der Waals surface area contributed by atoms with Crippen molar-refractivity contribution in [1.82, 2.24) is 10.9 Å². The average molecular weight is 393 g/mol. The zero-order valence-corrected chi connectivity index (χ0v) is 14.8. The zero-order valence-electron chi connectivity index (χ0n) is 13.3. The number of benzene rings is 2. The first-order valence-corrected chi connectivity index (χ1v) is 7.89. The predicted molar refractivity (Wildman–Crippen MR) is 93.0 cm³/mol. The van der Waals surface area contributed by atoms with Gasteiger partial charge in [-0.25, -0.2) is 0 Å². The summed E-state index contributed by atoms with van der Waals surface area (Å²) >= 11 is 3.33. The number of nitrogens with one attached hydrogen (secondary N) is 2. The van der Waals surface area contributed by atoms with Gasteiger partial charge >= 0.3 is 0 Å². The van der Waals surface area contributed by atoms with E-state index in [1.165, 1.54) is 14.2 Å². The summed E-state index contributed by atoms with van der Waals surface area (Å²) in [6, 6.07) is 12.3. The highest BCUT2D eigenvalue weighted by atomic mass is 79.9. The molecule has 2 N–H and O–H groups in total. The lowest BCUT2D eigenvalue weighted by Crippen LogP contribution is -2.42. The molecule has 0 atom stereocenters. The molecule has 0 aliphatic carbocycles. The van der Waals surface area contributed by atoms with Crippen LogP contribution in [0.5, 0.6) is 11.5 Å². The lowest BCUT2D eigenvalue weighted by atomic mass is 10.1. The van der Waals surface area contributed by atoms with Crippen LogP contribution in [0.2, 0.25) is 0 Å². The lowest BCUT2D eigenvalue weighted by Gasteiger charge is -2.12. The number of hydrogen-bond donors (Lipinski definition) is 2. The second-order valence-corrected chi connectivity index (χ2v) is 5.65. The maximum absolute atomic E-state index is 12.2. The molecule has 2 aromatic rings. The lowest BCUT2D eigenvalue weighted by molar-refractivity contribution is -0.121. The summed E-state index contributed by atoms with van der Waals surface area (Å²) in [5.74, 6) is 0.122. The van der Waals surface area contributed by atoms with Crippen LogP contribution < -0.4 is 20.3 Å². The van der Waals surface area contributed by atoms with Crippen LogP contribution in [0.15, 0.2) is 46.9 Å². The minimum absolute atomic E-state index is 0.175. The number of carbonyl (C=O) groups excluding carboxylic acids is 2. The van der Waals surface area contributed by atoms with Gasteiger partial charge in [-0.3, -0.25) is 20.4 Å². The third kappa shape index (κ3) is 4.48. The molecule has 0 fully saturated rings. The molecule has 0 bridgehead atoms. The second kappa shape index (κ2) is 8.35. The highest BCUT2D eigenvalue weighted by Gasteiger charge is 2.15. The Balaban J connectivity index is 2.01. The average Bonchev–Trinajstić information content (AvgIpc) is 2.60. The topological polar surface area (TPSA) is 76.7 Å². The molecule has 0 spiro atoms. The number of hydrazine groups is 1. The summed E-state index contributed by atoms with van der Waals surface area (Å²) < 4.78 is 11.0. The summed E-state index contributed by atoms with van der Waals surface area (Å²) in [5.41, 5.74) is 5.92. The standard InChI is InChI=1S/C17H17BrN2O4/c1-23-13-9-12(10-14(24-2)16(13)18)17(22)20-19-15(21)8-11-6-4-3-5-7-11/h3-7,9-10H,8H2,1-2H3,(H,19,21)(H,20,22). The van der Waals surface area contributed by atoms with E-state index >= 15 is 0 Å². The SMILES string of the molecule is COc1cc(C(=O)NNC(=O)Cc2ccccc2)cc(OC)c1Br. The highest BCUT2D eigenvalue weighted by Crippen LogP contribution is 2.35. The molecule has 0 heterocycles. The molecule has 0 aliphatic heterocycles. The van der Waals surface area contributed by atoms with Gasteiger partial charge in [-0.05, 0) is 33.6 Å². The van der Waals surface area contributed by atoms with Crippen LogP contribution in [0.1, 0.15) is 15.9 Å². The summed E-state index contributed by atoms with van der Waals surface area (Å²) in [5, 5.41) is 0. The van der Waals surface area contributed by atoms with Crippen LogP contribution in [-0.2, 0) is 11.2 Å². The van der Waals surface area contributed by atoms with Crippen molar-refractivity contribution in [2.24, 2.45) is 0 Å². The van der Waals surface area contributed by atoms with Gasteiger partial charge in [-0.1, -0.05) is 30.3 Å². The molecule has 6 nitrogen and oxygen atoms in total. The maximum Gasteiger partial charge on any atom is 0.269 e. The van der Waals surface area contributed by atoms with E-state index in [4.69, 9.17) is 9.47 Å². The van der Waals surface area contributed by atoms with Gasteiger partial charge in [0.1, 0.15) is 16.0 Å². The van der Waals surface area contributed by atoms with Gasteiger partial charge in [-0.15, -0.1) is 0 Å². The fourth-order valence-electron chi connectivity index (χ4n) is 2.02. The first-order chi connectivity index (χ1) is 11.5. The Bertz CT molecular complexity index is 710. The molecule has 2 aromatic carbocycles. The van der Waals surface area contributed by atoms with Crippen molar-refractivity contribution in [3.63, 3.8) is 0 Å². The molecule has 7 heteroatoms. The van der Waals surface area contributed by atoms with Gasteiger partial charge in [-0.2, -0.15) is 0 Å². The Kier molecular flexibility index (Phi) is 6.20. The van der Waals surface area contributed by atoms with E-state index in [2.05, 4.69) is 26.8 Å². The number of rotatable bonds is 5. The normalized spacial score (nSPS) is 9.96. The molecule has 0 aromatic heterocycles. The van der Waals surface area contributed by atoms with Crippen LogP contribution in [0.3, 0.4) is 0 Å². The number of amides is 2. The molecule has 24 heavy (non-hydrogen) atoms. The van der Waals surface area contributed by atoms with Gasteiger partial charge in [0.25, 0.3) is 5.91 Å². The summed E-state index contributed by atoms with van der Waals surface area (Å²) in [7, 11) is 2.98. The predicted octanol–water partition coefficient (Wildman–Crippen LogP) is 2.47. The molecule has 0 aliphatic rings. The van der Waals surface area contributed by atoms with Crippen LogP contribution in [0.25, 0.3) is 0 Å². The third-order valence-corrected chi connectivity index (χ3v) is 4.01. The van der Waals surface area contributed by atoms with Crippen LogP contribution in [0, 0.1) is 0 Å². The Hall–Kier alpha value is -2.54. The van der Waals surface area contributed by atoms with E-state index in [0.717, 1.165) is 5.56 Å². The molecular formula is C17H17BrN2O4. The van der Waals surface area contributed by atoms with E-state index in [9.17, 15) is 9.59 Å². The van der Waals surface area contributed by atoms with Gasteiger partial charge in [0.15, 0.2) is 0 Å². The van der Waals surface area contributed by atoms with Crippen molar-refractivity contribution in [3.8, 4) is 11.5 Å². The quantitative estimate of drug-likeness (QED) is 0.766. The molecule has 2 amide bonds. The Morgan fingerprint density at radius 2 is 1.58 bits per heavy atom.